The summed E-state index contributed by atoms with van der Waals surface area (Å²) in [5.74, 6) is 1.22. The molecule has 0 saturated heterocycles. The number of carbonyl (C=O) groups excluding carboxylic acids is 1. The van der Waals surface area contributed by atoms with Crippen molar-refractivity contribution in [1.29, 1.82) is 0 Å². The molecule has 0 heterocycles. The van der Waals surface area contributed by atoms with Crippen LogP contribution in [0.15, 0.2) is 84.9 Å². The fraction of sp³-hybridized carbons (Fsp3) is 0.0500. The lowest BCUT2D eigenvalue weighted by Crippen LogP contribution is -2.07. The molecule has 0 saturated carbocycles. The molecule has 0 spiro atoms. The third-order valence-electron chi connectivity index (χ3n) is 3.33. The highest BCUT2D eigenvalue weighted by Gasteiger charge is 2.27. The van der Waals surface area contributed by atoms with E-state index in [9.17, 15) is 4.79 Å². The van der Waals surface area contributed by atoms with Crippen molar-refractivity contribution in [3.05, 3.63) is 96.1 Å². The van der Waals surface area contributed by atoms with Crippen LogP contribution < -0.4 is 9.05 Å². The van der Waals surface area contributed by atoms with Crippen LogP contribution in [0, 0.1) is 6.92 Å². The smallest absolute Gasteiger partial charge is 0.370 e. The minimum Gasteiger partial charge on any atom is -0.433 e. The van der Waals surface area contributed by atoms with E-state index >= 15 is 0 Å². The van der Waals surface area contributed by atoms with Crippen LogP contribution >= 0.6 is 8.38 Å². The number of para-hydroxylation sites is 2. The van der Waals surface area contributed by atoms with Crippen molar-refractivity contribution >= 4 is 13.9 Å². The lowest BCUT2D eigenvalue weighted by molar-refractivity contribution is 0.106. The fourth-order valence-corrected chi connectivity index (χ4v) is 3.25. The molecule has 3 aromatic carbocycles. The van der Waals surface area contributed by atoms with E-state index in [0.29, 0.717) is 17.1 Å². The summed E-state index contributed by atoms with van der Waals surface area (Å²) < 4.78 is 11.7. The van der Waals surface area contributed by atoms with Crippen LogP contribution in [-0.2, 0) is 0 Å². The SMILES string of the molecule is Cc1ccc(C(=O)P(Oc2ccccc2)Oc2ccccc2)cc1. The Morgan fingerprint density at radius 1 is 0.708 bits per heavy atom. The van der Waals surface area contributed by atoms with Crippen LogP contribution in [0.3, 0.4) is 0 Å². The lowest BCUT2D eigenvalue weighted by atomic mass is 10.2. The van der Waals surface area contributed by atoms with Crippen molar-refractivity contribution in [3.63, 3.8) is 0 Å². The highest BCUT2D eigenvalue weighted by atomic mass is 31.2. The second-order valence-electron chi connectivity index (χ2n) is 5.24. The van der Waals surface area contributed by atoms with E-state index in [1.165, 1.54) is 0 Å². The summed E-state index contributed by atoms with van der Waals surface area (Å²) in [7, 11) is -1.80. The van der Waals surface area contributed by atoms with Crippen LogP contribution in [0.4, 0.5) is 0 Å². The lowest BCUT2D eigenvalue weighted by Gasteiger charge is -2.17. The zero-order chi connectivity index (χ0) is 16.8. The summed E-state index contributed by atoms with van der Waals surface area (Å²) in [6.07, 6.45) is 0. The fourth-order valence-electron chi connectivity index (χ4n) is 2.06. The van der Waals surface area contributed by atoms with E-state index in [0.717, 1.165) is 5.56 Å². The van der Waals surface area contributed by atoms with Crippen molar-refractivity contribution in [1.82, 2.24) is 0 Å². The summed E-state index contributed by atoms with van der Waals surface area (Å²) in [5.41, 5.74) is 1.53. The second kappa shape index (κ2) is 7.76. The average molecular weight is 336 g/mol. The number of benzene rings is 3. The minimum atomic E-state index is -1.80. The van der Waals surface area contributed by atoms with Gasteiger partial charge in [-0.1, -0.05) is 66.2 Å². The Balaban J connectivity index is 1.85. The van der Waals surface area contributed by atoms with E-state index in [1.54, 1.807) is 12.1 Å². The molecule has 3 aromatic rings. The van der Waals surface area contributed by atoms with Crippen molar-refractivity contribution in [2.45, 2.75) is 6.92 Å². The quantitative estimate of drug-likeness (QED) is 0.549. The highest BCUT2D eigenvalue weighted by molar-refractivity contribution is 7.67. The molecule has 0 bridgehead atoms. The number of rotatable bonds is 6. The van der Waals surface area contributed by atoms with Gasteiger partial charge in [-0.15, -0.1) is 0 Å². The summed E-state index contributed by atoms with van der Waals surface area (Å²) in [6, 6.07) is 25.9. The molecule has 120 valence electrons. The predicted molar refractivity (Wildman–Crippen MR) is 96.6 cm³/mol. The molecular weight excluding hydrogens is 319 g/mol. The Bertz CT molecular complexity index is 745. The Hall–Kier alpha value is -2.64. The molecule has 0 amide bonds. The molecule has 0 radical (unpaired) electrons. The standard InChI is InChI=1S/C20H17O3P/c1-16-12-14-17(15-13-16)20(21)24(22-18-8-4-2-5-9-18)23-19-10-6-3-7-11-19/h2-15H,1H3. The Morgan fingerprint density at radius 2 is 1.17 bits per heavy atom. The van der Waals surface area contributed by atoms with E-state index < -0.39 is 8.38 Å². The number of aryl methyl sites for hydroxylation is 1. The maximum atomic E-state index is 12.8. The third-order valence-corrected chi connectivity index (χ3v) is 4.67. The van der Waals surface area contributed by atoms with Crippen LogP contribution in [0.5, 0.6) is 11.5 Å². The number of hydrogen-bond acceptors (Lipinski definition) is 3. The molecule has 0 N–H and O–H groups in total. The molecule has 4 heteroatoms. The molecule has 3 nitrogen and oxygen atoms in total. The molecule has 0 aromatic heterocycles. The maximum Gasteiger partial charge on any atom is 0.370 e. The van der Waals surface area contributed by atoms with Crippen molar-refractivity contribution in [3.8, 4) is 11.5 Å². The summed E-state index contributed by atoms with van der Waals surface area (Å²) in [4.78, 5) is 12.8. The normalized spacial score (nSPS) is 10.4. The molecule has 0 unspecified atom stereocenters. The van der Waals surface area contributed by atoms with Gasteiger partial charge >= 0.3 is 8.38 Å². The first kappa shape index (κ1) is 16.2. The Labute approximate surface area is 142 Å². The third kappa shape index (κ3) is 4.21. The molecule has 0 fully saturated rings. The molecular formula is C20H17O3P. The first-order valence-electron chi connectivity index (χ1n) is 7.59. The van der Waals surface area contributed by atoms with Gasteiger partial charge in [0.05, 0.1) is 0 Å². The molecule has 0 aliphatic carbocycles. The zero-order valence-corrected chi connectivity index (χ0v) is 14.1. The number of carbonyl (C=O) groups is 1. The Kier molecular flexibility index (Phi) is 5.25. The second-order valence-corrected chi connectivity index (χ2v) is 6.52. The van der Waals surface area contributed by atoms with Gasteiger partial charge in [0.1, 0.15) is 11.5 Å². The molecule has 0 aliphatic rings. The molecule has 0 aliphatic heterocycles. The van der Waals surface area contributed by atoms with Gasteiger partial charge in [0.2, 0.25) is 0 Å². The van der Waals surface area contributed by atoms with Gasteiger partial charge < -0.3 is 9.05 Å². The topological polar surface area (TPSA) is 35.5 Å². The number of hydrogen-bond donors (Lipinski definition) is 0. The van der Waals surface area contributed by atoms with Gasteiger partial charge in [-0.3, -0.25) is 4.79 Å². The van der Waals surface area contributed by atoms with Crippen LogP contribution in [0.1, 0.15) is 15.9 Å². The van der Waals surface area contributed by atoms with E-state index in [2.05, 4.69) is 0 Å². The van der Waals surface area contributed by atoms with Gasteiger partial charge in [0.15, 0.2) is 0 Å². The zero-order valence-electron chi connectivity index (χ0n) is 13.3. The summed E-state index contributed by atoms with van der Waals surface area (Å²) in [6.45, 7) is 1.98. The van der Waals surface area contributed by atoms with E-state index in [4.69, 9.17) is 9.05 Å². The van der Waals surface area contributed by atoms with Gasteiger partial charge in [-0.2, -0.15) is 0 Å². The molecule has 3 rings (SSSR count). The summed E-state index contributed by atoms with van der Waals surface area (Å²) >= 11 is 0. The highest BCUT2D eigenvalue weighted by Crippen LogP contribution is 2.43. The van der Waals surface area contributed by atoms with Gasteiger partial charge in [-0.25, -0.2) is 0 Å². The van der Waals surface area contributed by atoms with Crippen LogP contribution in [0.2, 0.25) is 0 Å². The monoisotopic (exact) mass is 336 g/mol. The van der Waals surface area contributed by atoms with Gasteiger partial charge in [0.25, 0.3) is 5.52 Å². The molecule has 24 heavy (non-hydrogen) atoms. The first-order chi connectivity index (χ1) is 11.7. The minimum absolute atomic E-state index is 0.155. The predicted octanol–water partition coefficient (Wildman–Crippen LogP) is 5.61. The van der Waals surface area contributed by atoms with Crippen molar-refractivity contribution in [2.24, 2.45) is 0 Å². The van der Waals surface area contributed by atoms with E-state index in [-0.39, 0.29) is 5.52 Å². The van der Waals surface area contributed by atoms with Gasteiger partial charge in [-0.05, 0) is 31.2 Å². The van der Waals surface area contributed by atoms with Crippen molar-refractivity contribution < 1.29 is 13.8 Å². The summed E-state index contributed by atoms with van der Waals surface area (Å²) in [5, 5.41) is 0. The maximum absolute atomic E-state index is 12.8. The van der Waals surface area contributed by atoms with Crippen LogP contribution in [0.25, 0.3) is 0 Å². The largest absolute Gasteiger partial charge is 0.433 e. The molecule has 0 atom stereocenters. The first-order valence-corrected chi connectivity index (χ1v) is 8.77. The Morgan fingerprint density at radius 3 is 1.62 bits per heavy atom. The van der Waals surface area contributed by atoms with Crippen LogP contribution in [-0.4, -0.2) is 5.52 Å². The van der Waals surface area contributed by atoms with Crippen molar-refractivity contribution in [2.75, 3.05) is 0 Å². The van der Waals surface area contributed by atoms with Gasteiger partial charge in [0, 0.05) is 5.56 Å². The van der Waals surface area contributed by atoms with E-state index in [1.807, 2.05) is 79.7 Å². The average Bonchev–Trinajstić information content (AvgIpc) is 2.63.